The molecule has 0 bridgehead atoms. The number of ether oxygens (including phenoxy) is 1. The number of nitrogens with two attached hydrogens (primary N) is 1. The van der Waals surface area contributed by atoms with Crippen molar-refractivity contribution >= 4 is 53.4 Å². The van der Waals surface area contributed by atoms with E-state index in [9.17, 15) is 28.3 Å². The molecule has 3 aromatic rings. The highest BCUT2D eigenvalue weighted by molar-refractivity contribution is 7.66. The van der Waals surface area contributed by atoms with Gasteiger partial charge in [-0.1, -0.05) is 18.2 Å². The third-order valence-electron chi connectivity index (χ3n) is 4.81. The van der Waals surface area contributed by atoms with Gasteiger partial charge in [0.15, 0.2) is 11.5 Å². The van der Waals surface area contributed by atoms with Crippen molar-refractivity contribution in [1.29, 1.82) is 0 Å². The fourth-order valence-corrected chi connectivity index (χ4v) is 6.80. The number of nitrogens with zero attached hydrogens (tertiary/aromatic N) is 4. The van der Waals surface area contributed by atoms with Gasteiger partial charge in [-0.2, -0.15) is 8.62 Å². The highest BCUT2D eigenvalue weighted by atomic mass is 31.3. The average Bonchev–Trinajstić information content (AvgIpc) is 3.40. The number of aliphatic hydroxyl groups is 1. The lowest BCUT2D eigenvalue weighted by Crippen LogP contribution is -2.26. The third-order valence-corrected chi connectivity index (χ3v) is 9.59. The van der Waals surface area contributed by atoms with E-state index in [0.717, 1.165) is 0 Å². The number of aliphatic hydroxyl groups excluding tert-OH is 1. The Bertz CT molecular complexity index is 1510. The predicted octanol–water partition coefficient (Wildman–Crippen LogP) is -0.110. The lowest BCUT2D eigenvalue weighted by Gasteiger charge is -2.19. The molecule has 2 unspecified atom stereocenters. The van der Waals surface area contributed by atoms with Crippen molar-refractivity contribution in [1.82, 2.24) is 19.5 Å². The number of aromatic nitrogens is 4. The minimum Gasteiger partial charge on any atom is -0.390 e. The lowest BCUT2D eigenvalue weighted by atomic mass is 10.2. The van der Waals surface area contributed by atoms with Crippen LogP contribution in [0.15, 0.2) is 43.0 Å². The molecule has 0 amide bonds. The van der Waals surface area contributed by atoms with Crippen molar-refractivity contribution in [2.24, 2.45) is 0 Å². The van der Waals surface area contributed by atoms with E-state index in [4.69, 9.17) is 34.9 Å². The van der Waals surface area contributed by atoms with Crippen LogP contribution in [0.2, 0.25) is 0 Å². The van der Waals surface area contributed by atoms with Crippen LogP contribution in [-0.2, 0) is 36.1 Å². The Morgan fingerprint density at radius 1 is 0.950 bits per heavy atom. The summed E-state index contributed by atoms with van der Waals surface area (Å²) < 4.78 is 62.9. The van der Waals surface area contributed by atoms with Gasteiger partial charge in [0.25, 0.3) is 0 Å². The first-order valence-corrected chi connectivity index (χ1v) is 16.7. The van der Waals surface area contributed by atoms with Gasteiger partial charge in [0, 0.05) is 6.42 Å². The van der Waals surface area contributed by atoms with Crippen LogP contribution in [0.1, 0.15) is 12.6 Å². The molecule has 0 spiro atoms. The van der Waals surface area contributed by atoms with Gasteiger partial charge in [0.05, 0.1) is 24.3 Å². The molecular weight excluding hydrogens is 626 g/mol. The van der Waals surface area contributed by atoms with E-state index >= 15 is 0 Å². The van der Waals surface area contributed by atoms with Gasteiger partial charge in [0.1, 0.15) is 24.2 Å². The van der Waals surface area contributed by atoms with E-state index in [2.05, 4.69) is 28.1 Å². The predicted molar refractivity (Wildman–Crippen MR) is 132 cm³/mol. The number of hydrogen-bond donors (Lipinski definition) is 8. The Labute approximate surface area is 224 Å². The van der Waals surface area contributed by atoms with Gasteiger partial charge in [-0.05, 0) is 12.1 Å². The fourth-order valence-electron chi connectivity index (χ4n) is 3.21. The number of imidazole rings is 1. The van der Waals surface area contributed by atoms with Crippen LogP contribution in [0.3, 0.4) is 0 Å². The number of phosphoric ester groups is 1. The van der Waals surface area contributed by atoms with Gasteiger partial charge in [-0.15, -0.1) is 0 Å². The molecule has 0 radical (unpaired) electrons. The molecule has 0 saturated carbocycles. The first-order valence-electron chi connectivity index (χ1n) is 10.5. The number of anilines is 1. The van der Waals surface area contributed by atoms with Gasteiger partial charge in [-0.25, -0.2) is 28.6 Å². The molecule has 2 aromatic heterocycles. The van der Waals surface area contributed by atoms with Crippen molar-refractivity contribution in [3.63, 3.8) is 0 Å². The summed E-state index contributed by atoms with van der Waals surface area (Å²) in [6, 6.07) is 7.70. The van der Waals surface area contributed by atoms with Crippen LogP contribution in [0.4, 0.5) is 5.82 Å². The molecule has 5 atom stereocenters. The number of hydrogen-bond acceptors (Lipinski definition) is 13. The zero-order valence-electron chi connectivity index (χ0n) is 19.7. The molecule has 222 valence electrons. The quantitative estimate of drug-likeness (QED) is 0.140. The van der Waals surface area contributed by atoms with Crippen LogP contribution < -0.4 is 11.0 Å². The van der Waals surface area contributed by atoms with Gasteiger partial charge < -0.3 is 44.9 Å². The van der Waals surface area contributed by atoms with E-state index in [0.29, 0.717) is 11.2 Å². The first kappa shape index (κ1) is 32.6. The summed E-state index contributed by atoms with van der Waals surface area (Å²) in [4.78, 5) is 64.6. The normalized spacial score (nSPS) is 22.7. The maximum atomic E-state index is 11.8. The van der Waals surface area contributed by atoms with Crippen molar-refractivity contribution in [3.8, 4) is 0 Å². The molecule has 9 N–H and O–H groups in total. The number of benzene rings is 1. The smallest absolute Gasteiger partial charge is 0.390 e. The molecule has 20 nitrogen and oxygen atoms in total. The topological polar surface area (TPSA) is 316 Å². The molecule has 1 aliphatic heterocycles. The maximum absolute atomic E-state index is 11.8. The highest BCUT2D eigenvalue weighted by Crippen LogP contribution is 2.66. The van der Waals surface area contributed by atoms with Crippen molar-refractivity contribution in [3.05, 3.63) is 43.0 Å². The number of phosphoric acid groups is 3. The lowest BCUT2D eigenvalue weighted by molar-refractivity contribution is -0.0423. The monoisotopic (exact) mass is 649 g/mol. The van der Waals surface area contributed by atoms with Crippen LogP contribution in [0.25, 0.3) is 11.2 Å². The van der Waals surface area contributed by atoms with E-state index in [-0.39, 0.29) is 17.5 Å². The second-order valence-electron chi connectivity index (χ2n) is 7.78. The SMILES string of the molecule is Nc1ncnc2c1ncn2[C@H]1C[C@H](O)[C@@H](COP(=O)(O)OP(=O)(O)OP(=O)(O)O)O1.O=P(O)(O)c1ccccc1. The molecule has 40 heavy (non-hydrogen) atoms. The second kappa shape index (κ2) is 12.5. The largest absolute Gasteiger partial charge is 0.490 e. The van der Waals surface area contributed by atoms with E-state index < -0.39 is 56.1 Å². The van der Waals surface area contributed by atoms with E-state index in [1.807, 2.05) is 0 Å². The summed E-state index contributed by atoms with van der Waals surface area (Å²) in [5.41, 5.74) is 6.31. The summed E-state index contributed by atoms with van der Waals surface area (Å²) in [6.07, 6.45) is -0.643. The summed E-state index contributed by atoms with van der Waals surface area (Å²) in [5, 5.41) is 10.2. The molecule has 1 aromatic carbocycles. The van der Waals surface area contributed by atoms with Crippen LogP contribution in [0, 0.1) is 0 Å². The van der Waals surface area contributed by atoms with Gasteiger partial charge >= 0.3 is 31.1 Å². The molecule has 24 heteroatoms. The minimum absolute atomic E-state index is 0.000206. The minimum atomic E-state index is -5.64. The van der Waals surface area contributed by atoms with E-state index in [1.54, 1.807) is 18.2 Å². The Morgan fingerprint density at radius 2 is 1.60 bits per heavy atom. The summed E-state index contributed by atoms with van der Waals surface area (Å²) in [7, 11) is -20.5. The van der Waals surface area contributed by atoms with Crippen molar-refractivity contribution in [2.75, 3.05) is 12.3 Å². The summed E-state index contributed by atoms with van der Waals surface area (Å²) in [5.74, 6) is 0.126. The second-order valence-corrected chi connectivity index (χ2v) is 13.8. The van der Waals surface area contributed by atoms with Crippen molar-refractivity contribution in [2.45, 2.75) is 24.9 Å². The Kier molecular flexibility index (Phi) is 10.2. The standard InChI is InChI=1S/C10H16N5O12P3.C6H7O3P/c11-9-8-10(13-3-12-9)15(4-14-8)7-1-5(16)6(25-7)2-24-29(20,21)27-30(22,23)26-28(17,18)19;7-10(8,9)6-4-2-1-3-5-6/h3-7,16H,1-2H2,(H,20,21)(H,22,23)(H2,11,12,13)(H2,17,18,19);1-5H,(H2,7,8,9)/t5-,6+,7+;/m0./s1. The average molecular weight is 649 g/mol. The number of nitrogen functional groups attached to an aromatic ring is 1. The fraction of sp³-hybridized carbons (Fsp3) is 0.312. The van der Waals surface area contributed by atoms with Gasteiger partial charge in [0.2, 0.25) is 0 Å². The molecule has 4 rings (SSSR count). The summed E-state index contributed by atoms with van der Waals surface area (Å²) in [6.45, 7) is -0.787. The zero-order chi connectivity index (χ0) is 29.9. The Balaban J connectivity index is 0.000000371. The zero-order valence-corrected chi connectivity index (χ0v) is 23.3. The van der Waals surface area contributed by atoms with Crippen LogP contribution in [0.5, 0.6) is 0 Å². The van der Waals surface area contributed by atoms with Crippen molar-refractivity contribution < 1.29 is 70.6 Å². The molecule has 1 saturated heterocycles. The van der Waals surface area contributed by atoms with Crippen LogP contribution in [-0.4, -0.2) is 72.8 Å². The van der Waals surface area contributed by atoms with Gasteiger partial charge in [-0.3, -0.25) is 13.7 Å². The number of rotatable bonds is 9. The third kappa shape index (κ3) is 9.29. The summed E-state index contributed by atoms with van der Waals surface area (Å²) >= 11 is 0. The molecule has 3 heterocycles. The Morgan fingerprint density at radius 3 is 2.17 bits per heavy atom. The molecule has 1 fully saturated rings. The molecule has 1 aliphatic rings. The molecular formula is C16H23N5O15P4. The molecule has 0 aliphatic carbocycles. The highest BCUT2D eigenvalue weighted by Gasteiger charge is 2.43. The number of fused-ring (bicyclic) bond motifs is 1. The van der Waals surface area contributed by atoms with Crippen LogP contribution >= 0.6 is 31.1 Å². The first-order chi connectivity index (χ1) is 18.4. The van der Waals surface area contributed by atoms with E-state index in [1.165, 1.54) is 29.4 Å². The Hall–Kier alpha value is -1.95. The maximum Gasteiger partial charge on any atom is 0.490 e.